The molecule has 0 aliphatic carbocycles. The largest absolute Gasteiger partial charge is 0.496 e. The molecule has 0 radical (unpaired) electrons. The predicted molar refractivity (Wildman–Crippen MR) is 84.0 cm³/mol. The average Bonchev–Trinajstić information content (AvgIpc) is 2.88. The van der Waals surface area contributed by atoms with E-state index in [0.29, 0.717) is 6.04 Å². The summed E-state index contributed by atoms with van der Waals surface area (Å²) in [6, 6.07) is 10.8. The van der Waals surface area contributed by atoms with Crippen molar-refractivity contribution in [2.45, 2.75) is 26.3 Å². The van der Waals surface area contributed by atoms with Crippen molar-refractivity contribution in [3.63, 3.8) is 0 Å². The van der Waals surface area contributed by atoms with Crippen molar-refractivity contribution in [2.75, 3.05) is 12.4 Å². The number of nitrogens with one attached hydrogen (secondary N) is 1. The monoisotopic (exact) mass is 287 g/mol. The van der Waals surface area contributed by atoms with Gasteiger partial charge in [-0.15, -0.1) is 0 Å². The molecule has 1 unspecified atom stereocenters. The van der Waals surface area contributed by atoms with Gasteiger partial charge in [0.15, 0.2) is 0 Å². The number of anilines is 1. The summed E-state index contributed by atoms with van der Waals surface area (Å²) in [4.78, 5) is 0. The van der Waals surface area contributed by atoms with Gasteiger partial charge in [0, 0.05) is 10.7 Å². The standard InChI is InChI=1S/C17H18ClNO/c1-10-8-12(5-7-16(10)20-3)15-9-13-4-6-14(18)11(2)17(13)19-15/h4-8,15,19H,9H2,1-3H3. The van der Waals surface area contributed by atoms with Gasteiger partial charge in [0.05, 0.1) is 13.2 Å². The number of halogens is 1. The topological polar surface area (TPSA) is 21.3 Å². The molecule has 2 aromatic carbocycles. The minimum Gasteiger partial charge on any atom is -0.496 e. The van der Waals surface area contributed by atoms with Crippen molar-refractivity contribution in [3.05, 3.63) is 57.6 Å². The highest BCUT2D eigenvalue weighted by atomic mass is 35.5. The Labute approximate surface area is 124 Å². The summed E-state index contributed by atoms with van der Waals surface area (Å²) in [5.41, 5.74) is 6.12. The van der Waals surface area contributed by atoms with Crippen LogP contribution in [0.15, 0.2) is 30.3 Å². The Kier molecular flexibility index (Phi) is 3.35. The van der Waals surface area contributed by atoms with Crippen LogP contribution in [0.5, 0.6) is 5.75 Å². The normalized spacial score (nSPS) is 16.7. The van der Waals surface area contributed by atoms with E-state index in [-0.39, 0.29) is 0 Å². The average molecular weight is 288 g/mol. The first-order valence-electron chi connectivity index (χ1n) is 6.79. The molecule has 0 spiro atoms. The maximum atomic E-state index is 6.19. The van der Waals surface area contributed by atoms with Gasteiger partial charge in [0.25, 0.3) is 0 Å². The summed E-state index contributed by atoms with van der Waals surface area (Å²) in [7, 11) is 1.71. The molecule has 20 heavy (non-hydrogen) atoms. The number of methoxy groups -OCH3 is 1. The number of fused-ring (bicyclic) bond motifs is 1. The highest BCUT2D eigenvalue weighted by Gasteiger charge is 2.24. The Hall–Kier alpha value is -1.67. The lowest BCUT2D eigenvalue weighted by Gasteiger charge is -2.15. The fraction of sp³-hybridized carbons (Fsp3) is 0.294. The van der Waals surface area contributed by atoms with E-state index in [1.54, 1.807) is 7.11 Å². The Morgan fingerprint density at radius 2 is 2.00 bits per heavy atom. The molecular formula is C17H18ClNO. The molecule has 0 bridgehead atoms. The van der Waals surface area contributed by atoms with Crippen LogP contribution in [0, 0.1) is 13.8 Å². The SMILES string of the molecule is COc1ccc(C2Cc3ccc(Cl)c(C)c3N2)cc1C. The van der Waals surface area contributed by atoms with Crippen LogP contribution in [0.3, 0.4) is 0 Å². The van der Waals surface area contributed by atoms with Crippen LogP contribution in [-0.4, -0.2) is 7.11 Å². The van der Waals surface area contributed by atoms with Crippen molar-refractivity contribution in [1.29, 1.82) is 0 Å². The summed E-state index contributed by atoms with van der Waals surface area (Å²) < 4.78 is 5.32. The third kappa shape index (κ3) is 2.14. The first kappa shape index (κ1) is 13.3. The highest BCUT2D eigenvalue weighted by molar-refractivity contribution is 6.31. The molecule has 104 valence electrons. The third-order valence-corrected chi connectivity index (χ3v) is 4.46. The second-order valence-electron chi connectivity index (χ2n) is 5.34. The second kappa shape index (κ2) is 5.02. The number of benzene rings is 2. The molecule has 0 amide bonds. The zero-order chi connectivity index (χ0) is 14.3. The van der Waals surface area contributed by atoms with Crippen molar-refractivity contribution in [3.8, 4) is 5.75 Å². The van der Waals surface area contributed by atoms with Gasteiger partial charge in [-0.25, -0.2) is 0 Å². The molecule has 3 rings (SSSR count). The van der Waals surface area contributed by atoms with Crippen molar-refractivity contribution in [2.24, 2.45) is 0 Å². The molecule has 0 aromatic heterocycles. The van der Waals surface area contributed by atoms with Crippen molar-refractivity contribution in [1.82, 2.24) is 0 Å². The Bertz CT molecular complexity index is 666. The summed E-state index contributed by atoms with van der Waals surface area (Å²) in [5, 5.41) is 4.42. The van der Waals surface area contributed by atoms with E-state index in [1.807, 2.05) is 12.1 Å². The second-order valence-corrected chi connectivity index (χ2v) is 5.74. The zero-order valence-electron chi connectivity index (χ0n) is 12.0. The van der Waals surface area contributed by atoms with E-state index in [2.05, 4.69) is 37.4 Å². The molecule has 1 heterocycles. The first-order valence-corrected chi connectivity index (χ1v) is 7.17. The van der Waals surface area contributed by atoms with E-state index in [4.69, 9.17) is 16.3 Å². The molecule has 3 heteroatoms. The van der Waals surface area contributed by atoms with Gasteiger partial charge in [-0.3, -0.25) is 0 Å². The molecule has 0 saturated carbocycles. The Morgan fingerprint density at radius 3 is 2.70 bits per heavy atom. The van der Waals surface area contributed by atoms with E-state index in [1.165, 1.54) is 16.8 Å². The fourth-order valence-corrected chi connectivity index (χ4v) is 3.04. The van der Waals surface area contributed by atoms with Gasteiger partial charge in [0.1, 0.15) is 5.75 Å². The van der Waals surface area contributed by atoms with Gasteiger partial charge in [-0.05, 0) is 54.7 Å². The summed E-state index contributed by atoms with van der Waals surface area (Å²) >= 11 is 6.19. The summed E-state index contributed by atoms with van der Waals surface area (Å²) in [6.07, 6.45) is 0.999. The molecule has 1 aliphatic heterocycles. The van der Waals surface area contributed by atoms with Crippen molar-refractivity contribution < 1.29 is 4.74 Å². The lowest BCUT2D eigenvalue weighted by molar-refractivity contribution is 0.411. The van der Waals surface area contributed by atoms with Crippen molar-refractivity contribution >= 4 is 17.3 Å². The van der Waals surface area contributed by atoms with Crippen LogP contribution in [0.4, 0.5) is 5.69 Å². The van der Waals surface area contributed by atoms with Crippen LogP contribution in [0.2, 0.25) is 5.02 Å². The van der Waals surface area contributed by atoms with Gasteiger partial charge < -0.3 is 10.1 Å². The molecule has 1 N–H and O–H groups in total. The molecular weight excluding hydrogens is 270 g/mol. The minimum absolute atomic E-state index is 0.312. The zero-order valence-corrected chi connectivity index (χ0v) is 12.7. The quantitative estimate of drug-likeness (QED) is 0.866. The van der Waals surface area contributed by atoms with Gasteiger partial charge in [0.2, 0.25) is 0 Å². The molecule has 0 fully saturated rings. The van der Waals surface area contributed by atoms with Gasteiger partial charge >= 0.3 is 0 Å². The van der Waals surface area contributed by atoms with E-state index >= 15 is 0 Å². The molecule has 2 aromatic rings. The Morgan fingerprint density at radius 1 is 1.20 bits per heavy atom. The van der Waals surface area contributed by atoms with Gasteiger partial charge in [-0.1, -0.05) is 29.8 Å². The summed E-state index contributed by atoms with van der Waals surface area (Å²) in [5.74, 6) is 0.934. The predicted octanol–water partition coefficient (Wildman–Crippen LogP) is 4.67. The maximum Gasteiger partial charge on any atom is 0.121 e. The molecule has 1 atom stereocenters. The summed E-state index contributed by atoms with van der Waals surface area (Å²) in [6.45, 7) is 4.14. The number of hydrogen-bond acceptors (Lipinski definition) is 2. The van der Waals surface area contributed by atoms with Crippen LogP contribution in [0.1, 0.15) is 28.3 Å². The lowest BCUT2D eigenvalue weighted by Crippen LogP contribution is -2.06. The van der Waals surface area contributed by atoms with Crippen LogP contribution in [-0.2, 0) is 6.42 Å². The van der Waals surface area contributed by atoms with E-state index < -0.39 is 0 Å². The number of ether oxygens (including phenoxy) is 1. The lowest BCUT2D eigenvalue weighted by atomic mass is 10.0. The fourth-order valence-electron chi connectivity index (χ4n) is 2.88. The van der Waals surface area contributed by atoms with Crippen LogP contribution in [0.25, 0.3) is 0 Å². The van der Waals surface area contributed by atoms with Gasteiger partial charge in [-0.2, -0.15) is 0 Å². The number of hydrogen-bond donors (Lipinski definition) is 1. The molecule has 2 nitrogen and oxygen atoms in total. The van der Waals surface area contributed by atoms with Crippen LogP contribution < -0.4 is 10.1 Å². The van der Waals surface area contributed by atoms with E-state index in [9.17, 15) is 0 Å². The highest BCUT2D eigenvalue weighted by Crippen LogP contribution is 2.39. The number of rotatable bonds is 2. The smallest absolute Gasteiger partial charge is 0.121 e. The number of aryl methyl sites for hydroxylation is 1. The molecule has 1 aliphatic rings. The Balaban J connectivity index is 1.92. The maximum absolute atomic E-state index is 6.19. The third-order valence-electron chi connectivity index (χ3n) is 4.05. The van der Waals surface area contributed by atoms with E-state index in [0.717, 1.165) is 28.3 Å². The molecule has 0 saturated heterocycles. The minimum atomic E-state index is 0.312. The van der Waals surface area contributed by atoms with Crippen LogP contribution >= 0.6 is 11.6 Å². The first-order chi connectivity index (χ1) is 9.60.